The number of aryl methyl sites for hydroxylation is 1. The average molecular weight is 391 g/mol. The summed E-state index contributed by atoms with van der Waals surface area (Å²) in [6, 6.07) is 4.20. The van der Waals surface area contributed by atoms with Crippen molar-refractivity contribution >= 4 is 16.9 Å². The van der Waals surface area contributed by atoms with E-state index in [2.05, 4.69) is 4.98 Å². The largest absolute Gasteiger partial charge is 0.336 e. The van der Waals surface area contributed by atoms with E-state index in [9.17, 15) is 22.4 Å². The minimum absolute atomic E-state index is 0.0851. The summed E-state index contributed by atoms with van der Waals surface area (Å²) in [4.78, 5) is 17.7. The predicted octanol–water partition coefficient (Wildman–Crippen LogP) is 4.08. The zero-order valence-electron chi connectivity index (χ0n) is 15.3. The number of alkyl halides is 2. The highest BCUT2D eigenvalue weighted by molar-refractivity contribution is 5.86. The highest BCUT2D eigenvalue weighted by Gasteiger charge is 2.46. The highest BCUT2D eigenvalue weighted by Crippen LogP contribution is 2.30. The van der Waals surface area contributed by atoms with E-state index >= 15 is 0 Å². The fourth-order valence-corrected chi connectivity index (χ4v) is 3.44. The van der Waals surface area contributed by atoms with Crippen LogP contribution in [0.5, 0.6) is 0 Å². The Labute approximate surface area is 158 Å². The SMILES string of the molecule is Cc1c(F)ccc(-c2cnc3c(C)cn(CC(=O)N4CC(F)(F)C4)c3c2)c1F. The minimum atomic E-state index is -2.82. The smallest absolute Gasteiger partial charge is 0.282 e. The van der Waals surface area contributed by atoms with Gasteiger partial charge in [0.15, 0.2) is 0 Å². The highest BCUT2D eigenvalue weighted by atomic mass is 19.3. The number of likely N-dealkylation sites (tertiary alicyclic amines) is 1. The quantitative estimate of drug-likeness (QED) is 0.631. The molecule has 28 heavy (non-hydrogen) atoms. The molecule has 0 radical (unpaired) electrons. The number of rotatable bonds is 3. The van der Waals surface area contributed by atoms with Crippen molar-refractivity contribution in [2.24, 2.45) is 0 Å². The van der Waals surface area contributed by atoms with Crippen LogP contribution < -0.4 is 0 Å². The van der Waals surface area contributed by atoms with Gasteiger partial charge in [0.2, 0.25) is 5.91 Å². The number of carbonyl (C=O) groups is 1. The van der Waals surface area contributed by atoms with Crippen molar-refractivity contribution in [3.05, 3.63) is 53.4 Å². The summed E-state index contributed by atoms with van der Waals surface area (Å²) in [5.74, 6) is -4.55. The minimum Gasteiger partial charge on any atom is -0.336 e. The molecule has 0 unspecified atom stereocenters. The molecule has 0 aliphatic carbocycles. The van der Waals surface area contributed by atoms with Crippen LogP contribution in [-0.4, -0.2) is 39.4 Å². The van der Waals surface area contributed by atoms with Crippen molar-refractivity contribution in [1.29, 1.82) is 0 Å². The summed E-state index contributed by atoms with van der Waals surface area (Å²) in [7, 11) is 0. The van der Waals surface area contributed by atoms with Crippen LogP contribution in [0.25, 0.3) is 22.2 Å². The van der Waals surface area contributed by atoms with Crippen molar-refractivity contribution in [1.82, 2.24) is 14.5 Å². The number of amides is 1. The maximum atomic E-state index is 14.5. The Balaban J connectivity index is 1.71. The van der Waals surface area contributed by atoms with Crippen LogP contribution in [0.3, 0.4) is 0 Å². The van der Waals surface area contributed by atoms with E-state index in [4.69, 9.17) is 0 Å². The van der Waals surface area contributed by atoms with Gasteiger partial charge in [-0.2, -0.15) is 0 Å². The lowest BCUT2D eigenvalue weighted by Crippen LogP contribution is -2.59. The third-order valence-electron chi connectivity index (χ3n) is 5.03. The van der Waals surface area contributed by atoms with Crippen molar-refractivity contribution in [2.75, 3.05) is 13.1 Å². The van der Waals surface area contributed by atoms with Crippen LogP contribution in [-0.2, 0) is 11.3 Å². The third kappa shape index (κ3) is 3.02. The normalized spacial score (nSPS) is 15.7. The van der Waals surface area contributed by atoms with Crippen LogP contribution >= 0.6 is 0 Å². The molecule has 1 aliphatic heterocycles. The van der Waals surface area contributed by atoms with Crippen LogP contribution in [0.4, 0.5) is 17.6 Å². The van der Waals surface area contributed by atoms with Gasteiger partial charge in [-0.3, -0.25) is 9.78 Å². The second-order valence-corrected chi connectivity index (χ2v) is 7.17. The van der Waals surface area contributed by atoms with Gasteiger partial charge < -0.3 is 9.47 Å². The van der Waals surface area contributed by atoms with Crippen molar-refractivity contribution < 1.29 is 22.4 Å². The molecule has 1 amide bonds. The van der Waals surface area contributed by atoms with Gasteiger partial charge >= 0.3 is 0 Å². The molecule has 0 bridgehead atoms. The molecule has 4 rings (SSSR count). The first kappa shape index (κ1) is 18.5. The lowest BCUT2D eigenvalue weighted by atomic mass is 10.0. The number of benzene rings is 1. The van der Waals surface area contributed by atoms with Crippen molar-refractivity contribution in [3.8, 4) is 11.1 Å². The number of nitrogens with zero attached hydrogens (tertiary/aromatic N) is 3. The molecule has 0 saturated carbocycles. The van der Waals surface area contributed by atoms with Crippen LogP contribution in [0.1, 0.15) is 11.1 Å². The number of halogens is 4. The predicted molar refractivity (Wildman–Crippen MR) is 96.1 cm³/mol. The molecule has 3 aromatic rings. The maximum absolute atomic E-state index is 14.5. The summed E-state index contributed by atoms with van der Waals surface area (Å²) in [5.41, 5.74) is 2.57. The lowest BCUT2D eigenvalue weighted by molar-refractivity contribution is -0.166. The Bertz CT molecular complexity index is 1100. The van der Waals surface area contributed by atoms with E-state index in [1.165, 1.54) is 25.3 Å². The van der Waals surface area contributed by atoms with E-state index in [-0.39, 0.29) is 17.7 Å². The number of carbonyl (C=O) groups excluding carboxylic acids is 1. The number of hydrogen-bond donors (Lipinski definition) is 0. The summed E-state index contributed by atoms with van der Waals surface area (Å²) < 4.78 is 55.7. The van der Waals surface area contributed by atoms with Crippen LogP contribution in [0.15, 0.2) is 30.6 Å². The first-order valence-corrected chi connectivity index (χ1v) is 8.72. The summed E-state index contributed by atoms with van der Waals surface area (Å²) >= 11 is 0. The van der Waals surface area contributed by atoms with Crippen molar-refractivity contribution in [3.63, 3.8) is 0 Å². The lowest BCUT2D eigenvalue weighted by Gasteiger charge is -2.38. The van der Waals surface area contributed by atoms with Crippen LogP contribution in [0.2, 0.25) is 0 Å². The topological polar surface area (TPSA) is 38.1 Å². The van der Waals surface area contributed by atoms with Gasteiger partial charge in [0.25, 0.3) is 5.92 Å². The molecular weight excluding hydrogens is 374 g/mol. The molecule has 1 aliphatic rings. The molecule has 0 atom stereocenters. The Morgan fingerprint density at radius 3 is 2.61 bits per heavy atom. The zero-order chi connectivity index (χ0) is 20.2. The first-order valence-electron chi connectivity index (χ1n) is 8.72. The molecule has 0 N–H and O–H groups in total. The van der Waals surface area contributed by atoms with E-state index < -0.39 is 36.6 Å². The molecule has 1 saturated heterocycles. The summed E-state index contributed by atoms with van der Waals surface area (Å²) in [6.45, 7) is 1.91. The van der Waals surface area contributed by atoms with Gasteiger partial charge in [0.05, 0.1) is 24.1 Å². The van der Waals surface area contributed by atoms with Crippen LogP contribution in [0, 0.1) is 25.5 Å². The van der Waals surface area contributed by atoms with E-state index in [1.54, 1.807) is 16.8 Å². The van der Waals surface area contributed by atoms with Gasteiger partial charge in [-0.25, -0.2) is 17.6 Å². The molecule has 8 heteroatoms. The number of fused-ring (bicyclic) bond motifs is 1. The third-order valence-corrected chi connectivity index (χ3v) is 5.03. The van der Waals surface area contributed by atoms with Crippen molar-refractivity contribution in [2.45, 2.75) is 26.3 Å². The summed E-state index contributed by atoms with van der Waals surface area (Å²) in [6.07, 6.45) is 3.21. The molecule has 1 aromatic carbocycles. The van der Waals surface area contributed by atoms with E-state index in [0.717, 1.165) is 10.5 Å². The van der Waals surface area contributed by atoms with Gasteiger partial charge in [-0.15, -0.1) is 0 Å². The molecule has 0 spiro atoms. The van der Waals surface area contributed by atoms with Gasteiger partial charge in [0, 0.05) is 29.1 Å². The number of aromatic nitrogens is 2. The Kier molecular flexibility index (Phi) is 4.17. The van der Waals surface area contributed by atoms with Gasteiger partial charge in [-0.1, -0.05) is 0 Å². The standard InChI is InChI=1S/C20H17F4N3O/c1-11-7-26(8-17(28)27-9-20(23,24)10-27)16-5-13(6-25-19(11)16)14-3-4-15(21)12(2)18(14)22/h3-7H,8-10H2,1-2H3. The second kappa shape index (κ2) is 6.32. The first-order chi connectivity index (χ1) is 13.2. The zero-order valence-corrected chi connectivity index (χ0v) is 15.3. The molecule has 2 aromatic heterocycles. The fourth-order valence-electron chi connectivity index (χ4n) is 3.44. The second-order valence-electron chi connectivity index (χ2n) is 7.17. The van der Waals surface area contributed by atoms with E-state index in [0.29, 0.717) is 16.6 Å². The average Bonchev–Trinajstić information content (AvgIpc) is 2.93. The summed E-state index contributed by atoms with van der Waals surface area (Å²) in [5, 5.41) is 0. The Morgan fingerprint density at radius 1 is 1.21 bits per heavy atom. The number of pyridine rings is 1. The number of hydrogen-bond acceptors (Lipinski definition) is 2. The monoisotopic (exact) mass is 391 g/mol. The molecule has 146 valence electrons. The maximum Gasteiger partial charge on any atom is 0.282 e. The fraction of sp³-hybridized carbons (Fsp3) is 0.300. The Hall–Kier alpha value is -2.90. The molecule has 4 nitrogen and oxygen atoms in total. The Morgan fingerprint density at radius 2 is 1.93 bits per heavy atom. The van der Waals surface area contributed by atoms with E-state index in [1.807, 2.05) is 6.92 Å². The van der Waals surface area contributed by atoms with Gasteiger partial charge in [0.1, 0.15) is 18.2 Å². The van der Waals surface area contributed by atoms with Gasteiger partial charge in [-0.05, 0) is 37.6 Å². The molecular formula is C20H17F4N3O. The molecule has 1 fully saturated rings. The molecule has 3 heterocycles.